The standard InChI is InChI=1S/C12H24Si2/c1-9-10(2)12(14(6,7)8)11(9)13(3,4)5/h1-8H3. The third-order valence-corrected chi connectivity index (χ3v) is 7.56. The van der Waals surface area contributed by atoms with Gasteiger partial charge in [-0.15, -0.1) is 0 Å². The van der Waals surface area contributed by atoms with E-state index in [2.05, 4.69) is 53.1 Å². The van der Waals surface area contributed by atoms with Gasteiger partial charge in [0.25, 0.3) is 0 Å². The molecule has 0 saturated carbocycles. The van der Waals surface area contributed by atoms with Gasteiger partial charge in [-0.1, -0.05) is 49.7 Å². The summed E-state index contributed by atoms with van der Waals surface area (Å²) >= 11 is 0. The number of rotatable bonds is 2. The maximum absolute atomic E-state index is 2.47. The molecule has 0 atom stereocenters. The molecule has 1 rings (SSSR count). The lowest BCUT2D eigenvalue weighted by atomic mass is 10.0. The van der Waals surface area contributed by atoms with Crippen molar-refractivity contribution in [2.24, 2.45) is 0 Å². The summed E-state index contributed by atoms with van der Waals surface area (Å²) in [6, 6.07) is 0. The molecule has 0 bridgehead atoms. The molecule has 0 heterocycles. The zero-order valence-electron chi connectivity index (χ0n) is 11.0. The lowest BCUT2D eigenvalue weighted by Crippen LogP contribution is -2.39. The topological polar surface area (TPSA) is 0 Å². The van der Waals surface area contributed by atoms with Gasteiger partial charge < -0.3 is 0 Å². The fraction of sp³-hybridized carbons (Fsp3) is 0.667. The van der Waals surface area contributed by atoms with E-state index in [0.717, 1.165) is 0 Å². The first kappa shape index (κ1) is 12.0. The van der Waals surface area contributed by atoms with Crippen LogP contribution < -0.4 is 0 Å². The molecule has 80 valence electrons. The van der Waals surface area contributed by atoms with Crippen LogP contribution in [0.5, 0.6) is 0 Å². The first-order chi connectivity index (χ1) is 6.07. The Bertz CT molecular complexity index is 287. The molecule has 0 N–H and O–H groups in total. The van der Waals surface area contributed by atoms with Crippen molar-refractivity contribution in [3.05, 3.63) is 21.5 Å². The maximum atomic E-state index is 2.47. The minimum Gasteiger partial charge on any atom is -0.0656 e. The van der Waals surface area contributed by atoms with Crippen molar-refractivity contribution in [2.75, 3.05) is 0 Å². The molecule has 0 aromatic carbocycles. The fourth-order valence-corrected chi connectivity index (χ4v) is 9.31. The van der Waals surface area contributed by atoms with Crippen LogP contribution in [0.2, 0.25) is 39.3 Å². The molecular formula is C12H24Si2. The molecule has 14 heavy (non-hydrogen) atoms. The number of hydrogen-bond donors (Lipinski definition) is 0. The van der Waals surface area contributed by atoms with Crippen LogP contribution in [0.1, 0.15) is 13.8 Å². The molecule has 0 unspecified atom stereocenters. The quantitative estimate of drug-likeness (QED) is 0.610. The summed E-state index contributed by atoms with van der Waals surface area (Å²) in [4.78, 5) is 0. The van der Waals surface area contributed by atoms with Crippen molar-refractivity contribution in [1.82, 2.24) is 0 Å². The fourth-order valence-electron chi connectivity index (χ4n) is 2.56. The molecule has 0 nitrogen and oxygen atoms in total. The largest absolute Gasteiger partial charge is 0.0778 e. The molecule has 0 spiro atoms. The van der Waals surface area contributed by atoms with Crippen LogP contribution in [0.25, 0.3) is 0 Å². The average molecular weight is 224 g/mol. The third kappa shape index (κ3) is 1.82. The van der Waals surface area contributed by atoms with Crippen molar-refractivity contribution >= 4 is 16.1 Å². The Morgan fingerprint density at radius 2 is 0.786 bits per heavy atom. The van der Waals surface area contributed by atoms with Gasteiger partial charge in [-0.05, 0) is 25.0 Å². The summed E-state index contributed by atoms with van der Waals surface area (Å²) in [5, 5.41) is 3.57. The second kappa shape index (κ2) is 3.21. The normalized spacial score (nSPS) is 18.9. The molecule has 0 aromatic rings. The molecule has 2 heteroatoms. The van der Waals surface area contributed by atoms with E-state index in [1.54, 1.807) is 21.5 Å². The maximum Gasteiger partial charge on any atom is 0.0778 e. The second-order valence-electron chi connectivity index (χ2n) is 6.50. The Balaban J connectivity index is 3.20. The van der Waals surface area contributed by atoms with Crippen LogP contribution in [0.15, 0.2) is 21.5 Å². The lowest BCUT2D eigenvalue weighted by molar-refractivity contribution is 1.21. The van der Waals surface area contributed by atoms with Crippen molar-refractivity contribution in [1.29, 1.82) is 0 Å². The lowest BCUT2D eigenvalue weighted by Gasteiger charge is -2.41. The van der Waals surface area contributed by atoms with Gasteiger partial charge in [0.15, 0.2) is 0 Å². The van der Waals surface area contributed by atoms with Crippen molar-refractivity contribution in [2.45, 2.75) is 53.1 Å². The minimum absolute atomic E-state index is 1.10. The van der Waals surface area contributed by atoms with Gasteiger partial charge in [0.05, 0.1) is 16.1 Å². The van der Waals surface area contributed by atoms with E-state index < -0.39 is 16.1 Å². The van der Waals surface area contributed by atoms with Gasteiger partial charge in [-0.3, -0.25) is 0 Å². The third-order valence-electron chi connectivity index (χ3n) is 3.06. The molecule has 0 aromatic heterocycles. The summed E-state index contributed by atoms with van der Waals surface area (Å²) in [7, 11) is -2.19. The van der Waals surface area contributed by atoms with E-state index in [1.807, 2.05) is 0 Å². The van der Waals surface area contributed by atoms with Gasteiger partial charge >= 0.3 is 0 Å². The molecule has 0 amide bonds. The summed E-state index contributed by atoms with van der Waals surface area (Å²) in [5.41, 5.74) is 3.23. The van der Waals surface area contributed by atoms with Gasteiger partial charge in [0.1, 0.15) is 0 Å². The predicted octanol–water partition coefficient (Wildman–Crippen LogP) is 4.39. The summed E-state index contributed by atoms with van der Waals surface area (Å²) in [6.45, 7) is 19.4. The van der Waals surface area contributed by atoms with Crippen LogP contribution in [0, 0.1) is 0 Å². The SMILES string of the molecule is CC1=C(C)C([Si](C)(C)C)=C1[Si](C)(C)C. The zero-order chi connectivity index (χ0) is 11.3. The van der Waals surface area contributed by atoms with E-state index in [1.165, 1.54) is 0 Å². The van der Waals surface area contributed by atoms with Crippen LogP contribution in [0.3, 0.4) is 0 Å². The molecule has 1 aliphatic rings. The highest BCUT2D eigenvalue weighted by Crippen LogP contribution is 2.44. The second-order valence-corrected chi connectivity index (χ2v) is 16.5. The van der Waals surface area contributed by atoms with E-state index in [9.17, 15) is 0 Å². The van der Waals surface area contributed by atoms with Crippen LogP contribution in [0.4, 0.5) is 0 Å². The minimum atomic E-state index is -1.10. The van der Waals surface area contributed by atoms with Crippen molar-refractivity contribution in [3.8, 4) is 0 Å². The van der Waals surface area contributed by atoms with E-state index in [4.69, 9.17) is 0 Å². The van der Waals surface area contributed by atoms with Crippen molar-refractivity contribution < 1.29 is 0 Å². The van der Waals surface area contributed by atoms with Gasteiger partial charge in [0.2, 0.25) is 0 Å². The summed E-state index contributed by atoms with van der Waals surface area (Å²) in [5.74, 6) is 0. The highest BCUT2D eigenvalue weighted by molar-refractivity contribution is 6.91. The Kier molecular flexibility index (Phi) is 2.74. The van der Waals surface area contributed by atoms with Crippen LogP contribution >= 0.6 is 0 Å². The van der Waals surface area contributed by atoms with E-state index in [0.29, 0.717) is 0 Å². The summed E-state index contributed by atoms with van der Waals surface area (Å²) < 4.78 is 0. The molecule has 1 aliphatic carbocycles. The molecular weight excluding hydrogens is 200 g/mol. The average Bonchev–Trinajstić information content (AvgIpc) is 1.93. The van der Waals surface area contributed by atoms with Gasteiger partial charge in [-0.25, -0.2) is 0 Å². The Morgan fingerprint density at radius 1 is 0.571 bits per heavy atom. The van der Waals surface area contributed by atoms with E-state index >= 15 is 0 Å². The monoisotopic (exact) mass is 224 g/mol. The van der Waals surface area contributed by atoms with Crippen LogP contribution in [-0.4, -0.2) is 16.1 Å². The molecule has 0 aliphatic heterocycles. The first-order valence-corrected chi connectivity index (χ1v) is 12.5. The Labute approximate surface area is 91.1 Å². The molecule has 0 fully saturated rings. The Morgan fingerprint density at radius 3 is 0.929 bits per heavy atom. The van der Waals surface area contributed by atoms with E-state index in [-0.39, 0.29) is 0 Å². The molecule has 0 saturated heterocycles. The highest BCUT2D eigenvalue weighted by Gasteiger charge is 2.38. The smallest absolute Gasteiger partial charge is 0.0656 e. The van der Waals surface area contributed by atoms with Crippen molar-refractivity contribution in [3.63, 3.8) is 0 Å². The summed E-state index contributed by atoms with van der Waals surface area (Å²) in [6.07, 6.45) is 0. The first-order valence-electron chi connectivity index (χ1n) is 5.50. The van der Waals surface area contributed by atoms with Gasteiger partial charge in [0, 0.05) is 0 Å². The van der Waals surface area contributed by atoms with Gasteiger partial charge in [-0.2, -0.15) is 0 Å². The Hall–Kier alpha value is -0.0862. The highest BCUT2D eigenvalue weighted by atomic mass is 28.3. The number of allylic oxidation sites excluding steroid dienone is 4. The van der Waals surface area contributed by atoms with Crippen LogP contribution in [-0.2, 0) is 0 Å². The molecule has 0 radical (unpaired) electrons. The number of hydrogen-bond acceptors (Lipinski definition) is 0. The zero-order valence-corrected chi connectivity index (χ0v) is 13.0. The predicted molar refractivity (Wildman–Crippen MR) is 72.1 cm³/mol.